The van der Waals surface area contributed by atoms with E-state index in [0.29, 0.717) is 17.4 Å². The molecule has 1 fully saturated rings. The van der Waals surface area contributed by atoms with E-state index in [1.165, 1.54) is 17.0 Å². The van der Waals surface area contributed by atoms with Crippen molar-refractivity contribution in [1.82, 2.24) is 4.90 Å². The smallest absolute Gasteiger partial charge is 0.308 e. The topological polar surface area (TPSA) is 57.6 Å². The zero-order valence-corrected chi connectivity index (χ0v) is 11.0. The summed E-state index contributed by atoms with van der Waals surface area (Å²) in [7, 11) is 0. The predicted molar refractivity (Wildman–Crippen MR) is 65.7 cm³/mol. The summed E-state index contributed by atoms with van der Waals surface area (Å²) >= 11 is 3.14. The van der Waals surface area contributed by atoms with E-state index in [9.17, 15) is 14.0 Å². The summed E-state index contributed by atoms with van der Waals surface area (Å²) in [5.74, 6) is -2.55. The average Bonchev–Trinajstić information content (AvgIpc) is 2.77. The number of carboxylic acid groups (broad SMARTS) is 1. The molecule has 1 saturated heterocycles. The number of nitrogens with zero attached hydrogens (tertiary/aromatic N) is 1. The van der Waals surface area contributed by atoms with Crippen LogP contribution in [0.3, 0.4) is 0 Å². The van der Waals surface area contributed by atoms with Gasteiger partial charge in [-0.1, -0.05) is 6.07 Å². The van der Waals surface area contributed by atoms with Crippen LogP contribution in [-0.4, -0.2) is 35.0 Å². The van der Waals surface area contributed by atoms with Crippen molar-refractivity contribution < 1.29 is 19.1 Å². The highest BCUT2D eigenvalue weighted by molar-refractivity contribution is 9.10. The molecular formula is C12H11BrFNO3. The molecule has 2 rings (SSSR count). The number of rotatable bonds is 2. The number of carbonyl (C=O) groups excluding carboxylic acids is 1. The fourth-order valence-electron chi connectivity index (χ4n) is 2.01. The molecular weight excluding hydrogens is 305 g/mol. The Balaban J connectivity index is 2.21. The highest BCUT2D eigenvalue weighted by Crippen LogP contribution is 2.25. The zero-order valence-electron chi connectivity index (χ0n) is 9.40. The van der Waals surface area contributed by atoms with Gasteiger partial charge in [0, 0.05) is 17.6 Å². The van der Waals surface area contributed by atoms with Crippen molar-refractivity contribution >= 4 is 27.8 Å². The van der Waals surface area contributed by atoms with E-state index >= 15 is 0 Å². The third kappa shape index (κ3) is 2.38. The minimum Gasteiger partial charge on any atom is -0.481 e. The van der Waals surface area contributed by atoms with Gasteiger partial charge in [-0.2, -0.15) is 0 Å². The Morgan fingerprint density at radius 3 is 2.72 bits per heavy atom. The van der Waals surface area contributed by atoms with Gasteiger partial charge in [0.05, 0.1) is 11.5 Å². The van der Waals surface area contributed by atoms with Crippen molar-refractivity contribution in [3.63, 3.8) is 0 Å². The minimum absolute atomic E-state index is 0.0384. The molecule has 4 nitrogen and oxygen atoms in total. The number of aliphatic carboxylic acids is 1. The molecule has 1 atom stereocenters. The van der Waals surface area contributed by atoms with Gasteiger partial charge in [-0.15, -0.1) is 0 Å². The summed E-state index contributed by atoms with van der Waals surface area (Å²) in [4.78, 5) is 24.3. The fraction of sp³-hybridized carbons (Fsp3) is 0.333. The molecule has 1 heterocycles. The van der Waals surface area contributed by atoms with E-state index in [1.54, 1.807) is 6.07 Å². The predicted octanol–water partition coefficient (Wildman–Crippen LogP) is 2.13. The number of amides is 1. The molecule has 96 valence electrons. The van der Waals surface area contributed by atoms with Crippen molar-refractivity contribution in [2.75, 3.05) is 13.1 Å². The number of carboxylic acids is 1. The summed E-state index contributed by atoms with van der Waals surface area (Å²) in [5.41, 5.74) is -0.0384. The SMILES string of the molecule is O=C(O)[C@@H]1CCN(C(=O)c2c(F)cccc2Br)C1. The lowest BCUT2D eigenvalue weighted by molar-refractivity contribution is -0.141. The second kappa shape index (κ2) is 5.06. The van der Waals surface area contributed by atoms with Crippen LogP contribution < -0.4 is 0 Å². The highest BCUT2D eigenvalue weighted by Gasteiger charge is 2.32. The van der Waals surface area contributed by atoms with Gasteiger partial charge in [0.2, 0.25) is 0 Å². The first-order valence-corrected chi connectivity index (χ1v) is 6.26. The molecule has 0 radical (unpaired) electrons. The molecule has 1 N–H and O–H groups in total. The standard InChI is InChI=1S/C12H11BrFNO3/c13-8-2-1-3-9(14)10(8)11(16)15-5-4-7(6-15)12(17)18/h1-3,7H,4-6H2,(H,17,18)/t7-/m1/s1. The largest absolute Gasteiger partial charge is 0.481 e. The van der Waals surface area contributed by atoms with Crippen LogP contribution in [0.25, 0.3) is 0 Å². The monoisotopic (exact) mass is 315 g/mol. The van der Waals surface area contributed by atoms with Crippen molar-refractivity contribution in [2.45, 2.75) is 6.42 Å². The van der Waals surface area contributed by atoms with Gasteiger partial charge in [0.1, 0.15) is 5.82 Å². The van der Waals surface area contributed by atoms with E-state index in [2.05, 4.69) is 15.9 Å². The molecule has 1 aliphatic heterocycles. The third-order valence-corrected chi connectivity index (χ3v) is 3.66. The number of benzene rings is 1. The number of halogens is 2. The molecule has 0 spiro atoms. The molecule has 0 unspecified atom stereocenters. The first kappa shape index (κ1) is 13.0. The highest BCUT2D eigenvalue weighted by atomic mass is 79.9. The molecule has 1 aliphatic rings. The van der Waals surface area contributed by atoms with Gasteiger partial charge < -0.3 is 10.0 Å². The maximum Gasteiger partial charge on any atom is 0.308 e. The number of hydrogen-bond donors (Lipinski definition) is 1. The van der Waals surface area contributed by atoms with Crippen LogP contribution in [0.4, 0.5) is 4.39 Å². The Morgan fingerprint density at radius 2 is 2.17 bits per heavy atom. The van der Waals surface area contributed by atoms with Crippen molar-refractivity contribution in [3.8, 4) is 0 Å². The quantitative estimate of drug-likeness (QED) is 0.909. The second-order valence-electron chi connectivity index (χ2n) is 4.17. The summed E-state index contributed by atoms with van der Waals surface area (Å²) in [6.45, 7) is 0.478. The Morgan fingerprint density at radius 1 is 1.44 bits per heavy atom. The van der Waals surface area contributed by atoms with E-state index in [1.807, 2.05) is 0 Å². The van der Waals surface area contributed by atoms with E-state index < -0.39 is 23.6 Å². The van der Waals surface area contributed by atoms with Gasteiger partial charge in [-0.05, 0) is 34.5 Å². The van der Waals surface area contributed by atoms with Crippen LogP contribution in [0.5, 0.6) is 0 Å². The van der Waals surface area contributed by atoms with Gasteiger partial charge in [-0.3, -0.25) is 9.59 Å². The van der Waals surface area contributed by atoms with Crippen LogP contribution in [0.15, 0.2) is 22.7 Å². The molecule has 0 aromatic heterocycles. The Labute approximate surface area is 112 Å². The van der Waals surface area contributed by atoms with E-state index in [4.69, 9.17) is 5.11 Å². The zero-order chi connectivity index (χ0) is 13.3. The lowest BCUT2D eigenvalue weighted by Crippen LogP contribution is -2.30. The van der Waals surface area contributed by atoms with Gasteiger partial charge in [0.25, 0.3) is 5.91 Å². The molecule has 0 aliphatic carbocycles. The molecule has 0 saturated carbocycles. The first-order chi connectivity index (χ1) is 8.50. The molecule has 1 aromatic carbocycles. The maximum atomic E-state index is 13.6. The van der Waals surface area contributed by atoms with Crippen LogP contribution in [0, 0.1) is 11.7 Å². The summed E-state index contributed by atoms with van der Waals surface area (Å²) in [6, 6.07) is 4.30. The summed E-state index contributed by atoms with van der Waals surface area (Å²) < 4.78 is 14.0. The molecule has 1 amide bonds. The number of carbonyl (C=O) groups is 2. The number of likely N-dealkylation sites (tertiary alicyclic amines) is 1. The lowest BCUT2D eigenvalue weighted by Gasteiger charge is -2.17. The Bertz CT molecular complexity index is 486. The normalized spacial score (nSPS) is 19.0. The fourth-order valence-corrected chi connectivity index (χ4v) is 2.52. The van der Waals surface area contributed by atoms with Gasteiger partial charge in [-0.25, -0.2) is 4.39 Å². The molecule has 6 heteroatoms. The minimum atomic E-state index is -0.919. The Hall–Kier alpha value is -1.43. The van der Waals surface area contributed by atoms with Crippen LogP contribution in [-0.2, 0) is 4.79 Å². The van der Waals surface area contributed by atoms with E-state index in [0.717, 1.165) is 0 Å². The molecule has 1 aromatic rings. The van der Waals surface area contributed by atoms with Crippen molar-refractivity contribution in [3.05, 3.63) is 34.1 Å². The third-order valence-electron chi connectivity index (χ3n) is 3.00. The van der Waals surface area contributed by atoms with Crippen molar-refractivity contribution in [2.24, 2.45) is 5.92 Å². The van der Waals surface area contributed by atoms with Gasteiger partial charge in [0.15, 0.2) is 0 Å². The Kier molecular flexibility index (Phi) is 3.65. The number of hydrogen-bond acceptors (Lipinski definition) is 2. The van der Waals surface area contributed by atoms with Crippen molar-refractivity contribution in [1.29, 1.82) is 0 Å². The van der Waals surface area contributed by atoms with Crippen LogP contribution >= 0.6 is 15.9 Å². The summed E-state index contributed by atoms with van der Waals surface area (Å²) in [6.07, 6.45) is 0.410. The van der Waals surface area contributed by atoms with E-state index in [-0.39, 0.29) is 12.1 Å². The average molecular weight is 316 g/mol. The first-order valence-electron chi connectivity index (χ1n) is 5.47. The van der Waals surface area contributed by atoms with Crippen LogP contribution in [0.2, 0.25) is 0 Å². The summed E-state index contributed by atoms with van der Waals surface area (Å²) in [5, 5.41) is 8.87. The van der Waals surface area contributed by atoms with Gasteiger partial charge >= 0.3 is 5.97 Å². The maximum absolute atomic E-state index is 13.6. The lowest BCUT2D eigenvalue weighted by atomic mass is 10.1. The van der Waals surface area contributed by atoms with Crippen LogP contribution in [0.1, 0.15) is 16.8 Å². The second-order valence-corrected chi connectivity index (χ2v) is 5.03. The molecule has 0 bridgehead atoms. The molecule has 18 heavy (non-hydrogen) atoms.